The van der Waals surface area contributed by atoms with Crippen LogP contribution in [-0.2, 0) is 16.0 Å². The highest BCUT2D eigenvalue weighted by Gasteiger charge is 2.34. The lowest BCUT2D eigenvalue weighted by atomic mass is 9.71. The van der Waals surface area contributed by atoms with Gasteiger partial charge in [-0.15, -0.1) is 0 Å². The Bertz CT molecular complexity index is 626. The average Bonchev–Trinajstić information content (AvgIpc) is 3.16. The number of likely N-dealkylation sites (tertiary alicyclic amines) is 1. The van der Waals surface area contributed by atoms with Crippen LogP contribution in [0, 0.1) is 5.41 Å². The molecular weight excluding hydrogens is 338 g/mol. The van der Waals surface area contributed by atoms with Gasteiger partial charge in [0.2, 0.25) is 11.8 Å². The topological polar surface area (TPSA) is 75.4 Å². The first kappa shape index (κ1) is 19.9. The Balaban J connectivity index is 1.42. The largest absolute Gasteiger partial charge is 0.352 e. The Morgan fingerprint density at radius 2 is 1.89 bits per heavy atom. The van der Waals surface area contributed by atoms with E-state index in [1.165, 1.54) is 24.8 Å². The number of rotatable bonds is 7. The molecule has 1 unspecified atom stereocenters. The molecule has 1 saturated heterocycles. The summed E-state index contributed by atoms with van der Waals surface area (Å²) in [6, 6.07) is 10.2. The SMILES string of the molecule is NCC1(CC(=O)NC2CCN(C(=O)CCc3ccccc3)C2)CCCCC1. The zero-order valence-corrected chi connectivity index (χ0v) is 16.3. The summed E-state index contributed by atoms with van der Waals surface area (Å²) in [7, 11) is 0. The van der Waals surface area contributed by atoms with Crippen molar-refractivity contribution in [3.8, 4) is 0 Å². The fourth-order valence-corrected chi connectivity index (χ4v) is 4.53. The predicted octanol–water partition coefficient (Wildman–Crippen LogP) is 2.64. The summed E-state index contributed by atoms with van der Waals surface area (Å²) < 4.78 is 0. The standard InChI is InChI=1S/C22H33N3O2/c23-17-22(12-5-2-6-13-22)15-20(26)24-19-11-14-25(16-19)21(27)10-9-18-7-3-1-4-8-18/h1,3-4,7-8,19H,2,5-6,9-17,23H2,(H,24,26). The zero-order valence-electron chi connectivity index (χ0n) is 16.3. The number of nitrogens with one attached hydrogen (secondary N) is 1. The third-order valence-electron chi connectivity index (χ3n) is 6.26. The summed E-state index contributed by atoms with van der Waals surface area (Å²) in [5, 5.41) is 3.16. The highest BCUT2D eigenvalue weighted by molar-refractivity contribution is 5.78. The molecule has 5 nitrogen and oxygen atoms in total. The molecular formula is C22H33N3O2. The van der Waals surface area contributed by atoms with Gasteiger partial charge in [0.1, 0.15) is 0 Å². The molecule has 1 heterocycles. The number of nitrogens with two attached hydrogens (primary N) is 1. The maximum atomic E-state index is 12.5. The third kappa shape index (κ3) is 5.55. The van der Waals surface area contributed by atoms with Crippen LogP contribution in [0.15, 0.2) is 30.3 Å². The Morgan fingerprint density at radius 3 is 2.59 bits per heavy atom. The summed E-state index contributed by atoms with van der Waals surface area (Å²) in [6.45, 7) is 1.96. The average molecular weight is 372 g/mol. The number of nitrogens with zero attached hydrogens (tertiary/aromatic N) is 1. The van der Waals surface area contributed by atoms with Crippen LogP contribution in [0.5, 0.6) is 0 Å². The van der Waals surface area contributed by atoms with Gasteiger partial charge in [0.05, 0.1) is 0 Å². The quantitative estimate of drug-likeness (QED) is 0.774. The second kappa shape index (κ2) is 9.36. The van der Waals surface area contributed by atoms with Crippen LogP contribution in [0.25, 0.3) is 0 Å². The normalized spacial score (nSPS) is 21.8. The molecule has 2 fully saturated rings. The second-order valence-electron chi connectivity index (χ2n) is 8.32. The number of carbonyl (C=O) groups excluding carboxylic acids is 2. The van der Waals surface area contributed by atoms with Crippen molar-refractivity contribution in [3.63, 3.8) is 0 Å². The Hall–Kier alpha value is -1.88. The van der Waals surface area contributed by atoms with E-state index in [1.807, 2.05) is 23.1 Å². The minimum absolute atomic E-state index is 0.00781. The molecule has 3 rings (SSSR count). The van der Waals surface area contributed by atoms with Crippen LogP contribution in [0.1, 0.15) is 56.9 Å². The molecule has 0 radical (unpaired) electrons. The van der Waals surface area contributed by atoms with Crippen molar-refractivity contribution in [1.82, 2.24) is 10.2 Å². The smallest absolute Gasteiger partial charge is 0.222 e. The van der Waals surface area contributed by atoms with E-state index in [2.05, 4.69) is 17.4 Å². The van der Waals surface area contributed by atoms with Gasteiger partial charge >= 0.3 is 0 Å². The highest BCUT2D eigenvalue weighted by atomic mass is 16.2. The van der Waals surface area contributed by atoms with Crippen LogP contribution >= 0.6 is 0 Å². The minimum Gasteiger partial charge on any atom is -0.352 e. The van der Waals surface area contributed by atoms with Gasteiger partial charge in [-0.25, -0.2) is 0 Å². The van der Waals surface area contributed by atoms with Crippen molar-refractivity contribution in [2.45, 2.75) is 63.8 Å². The van der Waals surface area contributed by atoms with E-state index >= 15 is 0 Å². The fourth-order valence-electron chi connectivity index (χ4n) is 4.53. The molecule has 1 aromatic rings. The molecule has 1 atom stereocenters. The summed E-state index contributed by atoms with van der Waals surface area (Å²) in [4.78, 5) is 26.9. The molecule has 1 aliphatic heterocycles. The maximum Gasteiger partial charge on any atom is 0.222 e. The Labute approximate surface area is 162 Å². The highest BCUT2D eigenvalue weighted by Crippen LogP contribution is 2.38. The van der Waals surface area contributed by atoms with Crippen molar-refractivity contribution >= 4 is 11.8 Å². The van der Waals surface area contributed by atoms with Crippen LogP contribution < -0.4 is 11.1 Å². The second-order valence-corrected chi connectivity index (χ2v) is 8.32. The Morgan fingerprint density at radius 1 is 1.15 bits per heavy atom. The van der Waals surface area contributed by atoms with Gasteiger partial charge in [0.15, 0.2) is 0 Å². The van der Waals surface area contributed by atoms with Crippen LogP contribution in [-0.4, -0.2) is 42.4 Å². The van der Waals surface area contributed by atoms with Gasteiger partial charge in [0.25, 0.3) is 0 Å². The maximum absolute atomic E-state index is 12.5. The third-order valence-corrected chi connectivity index (χ3v) is 6.26. The first-order chi connectivity index (χ1) is 13.1. The number of aryl methyl sites for hydroxylation is 1. The van der Waals surface area contributed by atoms with Gasteiger partial charge in [-0.1, -0.05) is 49.6 Å². The van der Waals surface area contributed by atoms with Crippen molar-refractivity contribution in [3.05, 3.63) is 35.9 Å². The minimum atomic E-state index is -0.00781. The van der Waals surface area contributed by atoms with E-state index in [1.54, 1.807) is 0 Å². The van der Waals surface area contributed by atoms with Gasteiger partial charge in [-0.3, -0.25) is 9.59 Å². The fraction of sp³-hybridized carbons (Fsp3) is 0.636. The number of hydrogen-bond donors (Lipinski definition) is 2. The van der Waals surface area contributed by atoms with Crippen LogP contribution in [0.2, 0.25) is 0 Å². The molecule has 0 bridgehead atoms. The van der Waals surface area contributed by atoms with Crippen molar-refractivity contribution in [2.75, 3.05) is 19.6 Å². The molecule has 2 aliphatic rings. The van der Waals surface area contributed by atoms with E-state index in [-0.39, 0.29) is 23.3 Å². The van der Waals surface area contributed by atoms with Gasteiger partial charge in [0, 0.05) is 32.0 Å². The van der Waals surface area contributed by atoms with Gasteiger partial charge in [-0.2, -0.15) is 0 Å². The van der Waals surface area contributed by atoms with Crippen molar-refractivity contribution < 1.29 is 9.59 Å². The van der Waals surface area contributed by atoms with Gasteiger partial charge < -0.3 is 16.0 Å². The van der Waals surface area contributed by atoms with E-state index in [9.17, 15) is 9.59 Å². The lowest BCUT2D eigenvalue weighted by Crippen LogP contribution is -2.43. The lowest BCUT2D eigenvalue weighted by molar-refractivity contribution is -0.130. The molecule has 5 heteroatoms. The molecule has 3 N–H and O–H groups in total. The summed E-state index contributed by atoms with van der Waals surface area (Å²) in [5.74, 6) is 0.284. The molecule has 1 saturated carbocycles. The van der Waals surface area contributed by atoms with Crippen molar-refractivity contribution in [1.29, 1.82) is 0 Å². The first-order valence-corrected chi connectivity index (χ1v) is 10.4. The first-order valence-electron chi connectivity index (χ1n) is 10.4. The van der Waals surface area contributed by atoms with Crippen molar-refractivity contribution in [2.24, 2.45) is 11.1 Å². The van der Waals surface area contributed by atoms with E-state index in [0.717, 1.165) is 32.2 Å². The van der Waals surface area contributed by atoms with E-state index < -0.39 is 0 Å². The molecule has 1 aromatic carbocycles. The summed E-state index contributed by atoms with van der Waals surface area (Å²) in [5.41, 5.74) is 7.19. The van der Waals surface area contributed by atoms with E-state index in [4.69, 9.17) is 5.73 Å². The number of amides is 2. The summed E-state index contributed by atoms with van der Waals surface area (Å²) >= 11 is 0. The van der Waals surface area contributed by atoms with E-state index in [0.29, 0.717) is 25.9 Å². The van der Waals surface area contributed by atoms with Crippen LogP contribution in [0.3, 0.4) is 0 Å². The number of benzene rings is 1. The Kier molecular flexibility index (Phi) is 6.89. The van der Waals surface area contributed by atoms with Crippen LogP contribution in [0.4, 0.5) is 0 Å². The number of carbonyl (C=O) groups is 2. The predicted molar refractivity (Wildman–Crippen MR) is 107 cm³/mol. The lowest BCUT2D eigenvalue weighted by Gasteiger charge is -2.36. The molecule has 0 aromatic heterocycles. The molecule has 2 amide bonds. The molecule has 148 valence electrons. The zero-order chi connectivity index (χ0) is 19.1. The number of hydrogen-bond acceptors (Lipinski definition) is 3. The van der Waals surface area contributed by atoms with Gasteiger partial charge in [-0.05, 0) is 43.2 Å². The summed E-state index contributed by atoms with van der Waals surface area (Å²) in [6.07, 6.45) is 8.41. The molecule has 27 heavy (non-hydrogen) atoms. The molecule has 1 aliphatic carbocycles. The monoisotopic (exact) mass is 371 g/mol. The molecule has 0 spiro atoms.